The molecule has 10 aromatic carbocycles. The fourth-order valence-corrected chi connectivity index (χ4v) is 13.1. The number of benzene rings is 10. The smallest absolute Gasteiger partial charge is 0.135 e. The summed E-state index contributed by atoms with van der Waals surface area (Å²) in [6.45, 7) is 22.8. The summed E-state index contributed by atoms with van der Waals surface area (Å²) < 4.78 is 9.71. The van der Waals surface area contributed by atoms with E-state index in [0.29, 0.717) is 11.5 Å². The first kappa shape index (κ1) is 55.4. The van der Waals surface area contributed by atoms with E-state index in [1.165, 1.54) is 38.9 Å². The fraction of sp³-hybridized carbons (Fsp3) is 0.165. The third kappa shape index (κ3) is 9.40. The van der Waals surface area contributed by atoms with E-state index in [-0.39, 0.29) is 37.3 Å². The summed E-state index contributed by atoms with van der Waals surface area (Å²) in [5.41, 5.74) is 20.3. The number of hydrogen-bond donors (Lipinski definition) is 0. The Morgan fingerprint density at radius 1 is 0.447 bits per heavy atom. The summed E-state index contributed by atoms with van der Waals surface area (Å²) in [6, 6.07) is 91.8. The molecule has 2 aliphatic rings. The zero-order chi connectivity index (χ0) is 57.7. The van der Waals surface area contributed by atoms with Crippen LogP contribution in [0.5, 0.6) is 11.5 Å². The number of para-hydroxylation sites is 3. The molecule has 0 unspecified atom stereocenters. The quantitative estimate of drug-likeness (QED) is 0.135. The molecule has 0 radical (unpaired) electrons. The molecular formula is C79H67N4OPt-3. The Morgan fingerprint density at radius 2 is 1.01 bits per heavy atom. The van der Waals surface area contributed by atoms with Crippen molar-refractivity contribution in [2.45, 2.75) is 84.0 Å². The number of rotatable bonds is 9. The second-order valence-corrected chi connectivity index (χ2v) is 25.7. The van der Waals surface area contributed by atoms with Gasteiger partial charge in [0.1, 0.15) is 5.82 Å². The van der Waals surface area contributed by atoms with E-state index in [1.807, 2.05) is 6.20 Å². The van der Waals surface area contributed by atoms with E-state index in [9.17, 15) is 0 Å². The van der Waals surface area contributed by atoms with E-state index in [1.54, 1.807) is 0 Å². The molecule has 0 atom stereocenters. The predicted molar refractivity (Wildman–Crippen MR) is 349 cm³/mol. The summed E-state index contributed by atoms with van der Waals surface area (Å²) >= 11 is 0. The van der Waals surface area contributed by atoms with Gasteiger partial charge in [0, 0.05) is 77.9 Å². The van der Waals surface area contributed by atoms with Crippen LogP contribution >= 0.6 is 0 Å². The van der Waals surface area contributed by atoms with Gasteiger partial charge in [-0.3, -0.25) is 0 Å². The number of ether oxygens (including phenoxy) is 1. The number of pyridine rings is 1. The second-order valence-electron chi connectivity index (χ2n) is 25.7. The molecule has 0 N–H and O–H groups in total. The van der Waals surface area contributed by atoms with Crippen LogP contribution in [0.3, 0.4) is 0 Å². The minimum absolute atomic E-state index is 0. The zero-order valence-electron chi connectivity index (χ0n) is 49.6. The molecule has 422 valence electrons. The van der Waals surface area contributed by atoms with E-state index < -0.39 is 5.41 Å². The minimum atomic E-state index is -0.744. The Bertz CT molecular complexity index is 4400. The first-order valence-electron chi connectivity index (χ1n) is 29.3. The van der Waals surface area contributed by atoms with Gasteiger partial charge in [0.15, 0.2) is 0 Å². The summed E-state index contributed by atoms with van der Waals surface area (Å²) in [5.74, 6) is 1.98. The summed E-state index contributed by atoms with van der Waals surface area (Å²) in [7, 11) is 0. The normalized spacial score (nSPS) is 13.6. The first-order chi connectivity index (χ1) is 40.6. The average Bonchev–Trinajstić information content (AvgIpc) is 1.67. The van der Waals surface area contributed by atoms with Crippen LogP contribution in [0.4, 0.5) is 22.7 Å². The van der Waals surface area contributed by atoms with Gasteiger partial charge in [-0.2, -0.15) is 6.07 Å². The molecule has 0 amide bonds. The van der Waals surface area contributed by atoms with Gasteiger partial charge < -0.3 is 19.1 Å². The summed E-state index contributed by atoms with van der Waals surface area (Å²) in [4.78, 5) is 9.82. The Labute approximate surface area is 515 Å². The third-order valence-corrected chi connectivity index (χ3v) is 17.2. The van der Waals surface area contributed by atoms with Gasteiger partial charge in [-0.05, 0) is 114 Å². The molecule has 6 heteroatoms. The second kappa shape index (κ2) is 21.1. The van der Waals surface area contributed by atoms with Crippen molar-refractivity contribution in [2.75, 3.05) is 9.80 Å². The van der Waals surface area contributed by atoms with Crippen molar-refractivity contribution in [3.05, 3.63) is 294 Å². The van der Waals surface area contributed by atoms with Gasteiger partial charge in [-0.1, -0.05) is 238 Å². The van der Waals surface area contributed by atoms with Gasteiger partial charge in [0.05, 0.1) is 0 Å². The van der Waals surface area contributed by atoms with Crippen molar-refractivity contribution in [1.82, 2.24) is 9.55 Å². The van der Waals surface area contributed by atoms with Crippen LogP contribution in [0.1, 0.15) is 101 Å². The summed E-state index contributed by atoms with van der Waals surface area (Å²) in [5, 5.41) is 2.23. The number of fused-ring (bicyclic) bond motifs is 7. The Morgan fingerprint density at radius 3 is 1.61 bits per heavy atom. The van der Waals surface area contributed by atoms with Gasteiger partial charge in [-0.15, -0.1) is 53.6 Å². The molecule has 0 saturated heterocycles. The minimum Gasteiger partial charge on any atom is -0.509 e. The molecular weight excluding hydrogens is 1220 g/mol. The van der Waals surface area contributed by atoms with E-state index in [0.717, 1.165) is 83.8 Å². The molecule has 2 aromatic heterocycles. The Hall–Kier alpha value is -8.76. The van der Waals surface area contributed by atoms with Gasteiger partial charge in [0.2, 0.25) is 0 Å². The molecule has 1 aliphatic carbocycles. The van der Waals surface area contributed by atoms with Gasteiger partial charge >= 0.3 is 0 Å². The Kier molecular flexibility index (Phi) is 13.7. The van der Waals surface area contributed by atoms with Crippen molar-refractivity contribution in [3.63, 3.8) is 0 Å². The molecule has 3 heterocycles. The molecule has 12 aromatic rings. The van der Waals surface area contributed by atoms with Crippen LogP contribution in [-0.2, 0) is 42.7 Å². The molecule has 1 aliphatic heterocycles. The molecule has 0 bridgehead atoms. The Balaban J connectivity index is 0.00000672. The van der Waals surface area contributed by atoms with Crippen molar-refractivity contribution in [2.24, 2.45) is 0 Å². The van der Waals surface area contributed by atoms with Gasteiger partial charge in [0.25, 0.3) is 0 Å². The first-order valence-corrected chi connectivity index (χ1v) is 29.3. The predicted octanol–water partition coefficient (Wildman–Crippen LogP) is 20.6. The maximum absolute atomic E-state index is 7.41. The third-order valence-electron chi connectivity index (χ3n) is 17.2. The maximum Gasteiger partial charge on any atom is 0.135 e. The van der Waals surface area contributed by atoms with E-state index >= 15 is 0 Å². The maximum atomic E-state index is 7.41. The number of aromatic nitrogens is 2. The van der Waals surface area contributed by atoms with Crippen LogP contribution in [0.2, 0.25) is 0 Å². The van der Waals surface area contributed by atoms with Gasteiger partial charge in [-0.25, -0.2) is 4.98 Å². The number of anilines is 4. The molecule has 0 spiro atoms. The zero-order valence-corrected chi connectivity index (χ0v) is 51.9. The largest absolute Gasteiger partial charge is 0.509 e. The molecule has 85 heavy (non-hydrogen) atoms. The van der Waals surface area contributed by atoms with E-state index in [4.69, 9.17) is 9.72 Å². The average molecular weight is 1280 g/mol. The van der Waals surface area contributed by atoms with Crippen molar-refractivity contribution < 1.29 is 25.8 Å². The molecule has 14 rings (SSSR count). The van der Waals surface area contributed by atoms with Crippen molar-refractivity contribution in [1.29, 1.82) is 0 Å². The monoisotopic (exact) mass is 1280 g/mol. The van der Waals surface area contributed by atoms with Crippen LogP contribution in [-0.4, -0.2) is 9.55 Å². The van der Waals surface area contributed by atoms with E-state index in [2.05, 4.69) is 326 Å². The van der Waals surface area contributed by atoms with Crippen LogP contribution in [0.15, 0.2) is 237 Å². The topological polar surface area (TPSA) is 33.5 Å². The standard InChI is InChI=1S/C79H67N4O.Pt/c1-76(2,3)55-42-43-80-73(48-55)83-72-50-59(40-41-63(72)64-34-25-37-69(75(64)83)78(7,8)9)84-60-45-57(79(54-30-17-12-18-31-54)67-35-21-19-32-61(67)62-33-20-22-36-68(62)79)44-58(49-60)81-51-82(71-39-24-23-38-70(71)81)74-65(52-26-13-10-14-27-52)46-56(77(4,5)6)47-66(74)53-28-15-11-16-29-53;/h10-48,51H,1-9H3;/q-3;. The molecule has 5 nitrogen and oxygen atoms in total. The van der Waals surface area contributed by atoms with Crippen LogP contribution in [0.25, 0.3) is 61.0 Å². The number of nitrogens with zero attached hydrogens (tertiary/aromatic N) is 4. The SMILES string of the molecule is CC(C)(C)c1ccnc(-n2c3[c-]c(Oc4[c-]c(N5[CH-]N(c6c(-c7ccccc7)cc(C(C)(C)C)cc6-c6ccccc6)c6ccccc65)cc(C5(c6ccccc6)c6ccccc6-c6ccccc65)c4)ccc3c3cccc(C(C)(C)C)c32)c1.[Pt]. The van der Waals surface area contributed by atoms with Crippen molar-refractivity contribution in [3.8, 4) is 50.7 Å². The van der Waals surface area contributed by atoms with Crippen LogP contribution in [0, 0.1) is 18.8 Å². The molecule has 0 fully saturated rings. The summed E-state index contributed by atoms with van der Waals surface area (Å²) in [6.07, 6.45) is 1.94. The van der Waals surface area contributed by atoms with Crippen LogP contribution < -0.4 is 14.5 Å². The molecule has 0 saturated carbocycles. The number of hydrogen-bond acceptors (Lipinski definition) is 4. The fourth-order valence-electron chi connectivity index (χ4n) is 13.1. The van der Waals surface area contributed by atoms with Crippen molar-refractivity contribution >= 4 is 44.6 Å².